The van der Waals surface area contributed by atoms with Crippen LogP contribution in [0.5, 0.6) is 11.5 Å². The molecule has 3 aromatic rings. The predicted molar refractivity (Wildman–Crippen MR) is 109 cm³/mol. The monoisotopic (exact) mass is 373 g/mol. The highest BCUT2D eigenvalue weighted by molar-refractivity contribution is 6.39. The molecule has 0 spiro atoms. The van der Waals surface area contributed by atoms with Gasteiger partial charge in [0.15, 0.2) is 0 Å². The quantitative estimate of drug-likeness (QED) is 0.405. The molecule has 3 aromatic carbocycles. The molecular weight excluding hydrogens is 354 g/mol. The summed E-state index contributed by atoms with van der Waals surface area (Å²) in [7, 11) is 0. The van der Waals surface area contributed by atoms with E-state index in [9.17, 15) is 9.59 Å². The van der Waals surface area contributed by atoms with E-state index in [0.29, 0.717) is 17.0 Å². The molecule has 0 atom stereocenters. The Morgan fingerprint density at radius 3 is 2.39 bits per heavy atom. The van der Waals surface area contributed by atoms with Crippen molar-refractivity contribution in [3.05, 3.63) is 90.0 Å². The maximum Gasteiger partial charge on any atom is 0.329 e. The van der Waals surface area contributed by atoms with Crippen molar-refractivity contribution in [2.45, 2.75) is 6.92 Å². The molecular formula is C22H19N3O3. The number of nitrogens with zero attached hydrogens (tertiary/aromatic N) is 1. The Kier molecular flexibility index (Phi) is 6.15. The maximum atomic E-state index is 11.9. The van der Waals surface area contributed by atoms with Crippen LogP contribution in [0.3, 0.4) is 0 Å². The number of hydrogen-bond donors (Lipinski definition) is 2. The van der Waals surface area contributed by atoms with Gasteiger partial charge < -0.3 is 10.1 Å². The number of ether oxygens (including phenoxy) is 1. The van der Waals surface area contributed by atoms with Gasteiger partial charge in [0.1, 0.15) is 11.5 Å². The van der Waals surface area contributed by atoms with Gasteiger partial charge in [-0.2, -0.15) is 5.10 Å². The summed E-state index contributed by atoms with van der Waals surface area (Å²) in [6, 6.07) is 23.8. The third-order valence-corrected chi connectivity index (χ3v) is 3.70. The number of anilines is 1. The smallest absolute Gasteiger partial charge is 0.329 e. The second-order valence-electron chi connectivity index (χ2n) is 6.01. The van der Waals surface area contributed by atoms with Gasteiger partial charge in [-0.15, -0.1) is 0 Å². The van der Waals surface area contributed by atoms with Crippen molar-refractivity contribution in [2.24, 2.45) is 5.10 Å². The van der Waals surface area contributed by atoms with Crippen LogP contribution >= 0.6 is 0 Å². The summed E-state index contributed by atoms with van der Waals surface area (Å²) in [4.78, 5) is 23.8. The van der Waals surface area contributed by atoms with Crippen LogP contribution in [0.15, 0.2) is 84.0 Å². The topological polar surface area (TPSA) is 79.8 Å². The van der Waals surface area contributed by atoms with Gasteiger partial charge in [0, 0.05) is 5.69 Å². The maximum absolute atomic E-state index is 11.9. The van der Waals surface area contributed by atoms with Gasteiger partial charge in [-0.1, -0.05) is 42.5 Å². The summed E-state index contributed by atoms with van der Waals surface area (Å²) in [6.07, 6.45) is 1.44. The van der Waals surface area contributed by atoms with Crippen LogP contribution in [0.25, 0.3) is 0 Å². The zero-order valence-corrected chi connectivity index (χ0v) is 15.3. The van der Waals surface area contributed by atoms with E-state index in [1.165, 1.54) is 6.21 Å². The minimum atomic E-state index is -0.852. The van der Waals surface area contributed by atoms with Crippen molar-refractivity contribution >= 4 is 23.7 Å². The molecule has 0 saturated carbocycles. The Morgan fingerprint density at radius 2 is 1.61 bits per heavy atom. The minimum absolute atomic E-state index is 0.551. The van der Waals surface area contributed by atoms with Crippen molar-refractivity contribution in [2.75, 3.05) is 5.32 Å². The molecule has 2 N–H and O–H groups in total. The van der Waals surface area contributed by atoms with Crippen LogP contribution in [0.2, 0.25) is 0 Å². The van der Waals surface area contributed by atoms with Gasteiger partial charge in [0.2, 0.25) is 0 Å². The highest BCUT2D eigenvalue weighted by Crippen LogP contribution is 2.21. The Hall–Kier alpha value is -3.93. The molecule has 0 aliphatic carbocycles. The highest BCUT2D eigenvalue weighted by Gasteiger charge is 2.12. The predicted octanol–water partition coefficient (Wildman–Crippen LogP) is 3.88. The van der Waals surface area contributed by atoms with E-state index in [-0.39, 0.29) is 0 Å². The lowest BCUT2D eigenvalue weighted by Crippen LogP contribution is -2.32. The summed E-state index contributed by atoms with van der Waals surface area (Å²) < 4.78 is 5.75. The van der Waals surface area contributed by atoms with Gasteiger partial charge in [-0.05, 0) is 54.4 Å². The number of carbonyl (C=O) groups excluding carboxylic acids is 2. The zero-order valence-electron chi connectivity index (χ0n) is 15.3. The Morgan fingerprint density at radius 1 is 0.857 bits per heavy atom. The lowest BCUT2D eigenvalue weighted by Gasteiger charge is -2.06. The number of carbonyl (C=O) groups is 2. The molecule has 6 nitrogen and oxygen atoms in total. The Bertz CT molecular complexity index is 1000. The molecule has 0 heterocycles. The van der Waals surface area contributed by atoms with E-state index in [1.807, 2.05) is 55.5 Å². The van der Waals surface area contributed by atoms with Crippen LogP contribution in [0, 0.1) is 6.92 Å². The zero-order chi connectivity index (χ0) is 19.8. The number of benzene rings is 3. The van der Waals surface area contributed by atoms with Crippen LogP contribution < -0.4 is 15.5 Å². The van der Waals surface area contributed by atoms with Crippen LogP contribution in [0.4, 0.5) is 5.69 Å². The van der Waals surface area contributed by atoms with Gasteiger partial charge in [-0.3, -0.25) is 9.59 Å². The molecule has 0 aromatic heterocycles. The number of rotatable bonds is 5. The molecule has 140 valence electrons. The number of nitrogens with one attached hydrogen (secondary N) is 2. The average molecular weight is 373 g/mol. The third kappa shape index (κ3) is 5.54. The van der Waals surface area contributed by atoms with Crippen LogP contribution in [-0.4, -0.2) is 18.0 Å². The standard InChI is InChI=1S/C22H19N3O3/c1-16-7-5-9-18(13-16)24-21(26)22(27)25-23-15-17-8-6-12-20(14-17)28-19-10-3-2-4-11-19/h2-15H,1H3,(H,24,26)(H,25,27)/b23-15-. The molecule has 0 radical (unpaired) electrons. The summed E-state index contributed by atoms with van der Waals surface area (Å²) >= 11 is 0. The van der Waals surface area contributed by atoms with E-state index < -0.39 is 11.8 Å². The molecule has 2 amide bonds. The van der Waals surface area contributed by atoms with E-state index in [2.05, 4.69) is 15.8 Å². The molecule has 0 bridgehead atoms. The van der Waals surface area contributed by atoms with Crippen molar-refractivity contribution in [3.8, 4) is 11.5 Å². The van der Waals surface area contributed by atoms with Crippen molar-refractivity contribution < 1.29 is 14.3 Å². The van der Waals surface area contributed by atoms with Gasteiger partial charge >= 0.3 is 11.8 Å². The Balaban J connectivity index is 1.55. The fourth-order valence-electron chi connectivity index (χ4n) is 2.41. The van der Waals surface area contributed by atoms with Gasteiger partial charge in [0.25, 0.3) is 0 Å². The summed E-state index contributed by atoms with van der Waals surface area (Å²) in [5.41, 5.74) is 4.46. The van der Waals surface area contributed by atoms with E-state index in [4.69, 9.17) is 4.74 Å². The molecule has 0 unspecified atom stereocenters. The summed E-state index contributed by atoms with van der Waals surface area (Å²) in [6.45, 7) is 1.90. The molecule has 6 heteroatoms. The van der Waals surface area contributed by atoms with Crippen molar-refractivity contribution in [1.29, 1.82) is 0 Å². The minimum Gasteiger partial charge on any atom is -0.457 e. The number of hydrazone groups is 1. The highest BCUT2D eigenvalue weighted by atomic mass is 16.5. The second-order valence-corrected chi connectivity index (χ2v) is 6.01. The van der Waals surface area contributed by atoms with Crippen LogP contribution in [0.1, 0.15) is 11.1 Å². The lowest BCUT2D eigenvalue weighted by molar-refractivity contribution is -0.136. The van der Waals surface area contributed by atoms with Crippen molar-refractivity contribution in [1.82, 2.24) is 5.43 Å². The number of amides is 2. The number of aryl methyl sites for hydroxylation is 1. The van der Waals surface area contributed by atoms with Crippen molar-refractivity contribution in [3.63, 3.8) is 0 Å². The molecule has 0 aliphatic rings. The normalized spacial score (nSPS) is 10.5. The summed E-state index contributed by atoms with van der Waals surface area (Å²) in [5.74, 6) is -0.283. The average Bonchev–Trinajstić information content (AvgIpc) is 2.69. The lowest BCUT2D eigenvalue weighted by atomic mass is 10.2. The molecule has 3 rings (SSSR count). The molecule has 0 fully saturated rings. The second kappa shape index (κ2) is 9.14. The van der Waals surface area contributed by atoms with E-state index >= 15 is 0 Å². The SMILES string of the molecule is Cc1cccc(NC(=O)C(=O)N/N=C\c2cccc(Oc3ccccc3)c2)c1. The summed E-state index contributed by atoms with van der Waals surface area (Å²) in [5, 5.41) is 6.35. The first-order valence-corrected chi connectivity index (χ1v) is 8.64. The van der Waals surface area contributed by atoms with Gasteiger partial charge in [0.05, 0.1) is 6.21 Å². The van der Waals surface area contributed by atoms with E-state index in [1.54, 1.807) is 30.3 Å². The fourth-order valence-corrected chi connectivity index (χ4v) is 2.41. The van der Waals surface area contributed by atoms with Crippen LogP contribution in [-0.2, 0) is 9.59 Å². The van der Waals surface area contributed by atoms with Gasteiger partial charge in [-0.25, -0.2) is 5.43 Å². The molecule has 0 aliphatic heterocycles. The number of para-hydroxylation sites is 1. The molecule has 28 heavy (non-hydrogen) atoms. The molecule has 0 saturated heterocycles. The fraction of sp³-hybridized carbons (Fsp3) is 0.0455. The number of hydrogen-bond acceptors (Lipinski definition) is 4. The first-order chi connectivity index (χ1) is 13.6. The first-order valence-electron chi connectivity index (χ1n) is 8.64. The largest absolute Gasteiger partial charge is 0.457 e. The first kappa shape index (κ1) is 18.8. The van der Waals surface area contributed by atoms with E-state index in [0.717, 1.165) is 11.3 Å². The Labute approximate surface area is 162 Å². The third-order valence-electron chi connectivity index (χ3n) is 3.70.